The SMILES string of the molecule is CC1CSCC1(O)c1ccc(F)cc1. The van der Waals surface area contributed by atoms with E-state index < -0.39 is 5.60 Å². The van der Waals surface area contributed by atoms with Crippen molar-refractivity contribution in [2.45, 2.75) is 12.5 Å². The van der Waals surface area contributed by atoms with E-state index in [1.807, 2.05) is 6.92 Å². The van der Waals surface area contributed by atoms with Gasteiger partial charge < -0.3 is 5.11 Å². The van der Waals surface area contributed by atoms with Crippen molar-refractivity contribution in [2.24, 2.45) is 5.92 Å². The molecule has 0 bridgehead atoms. The molecule has 0 spiro atoms. The molecule has 2 unspecified atom stereocenters. The first-order valence-electron chi connectivity index (χ1n) is 4.69. The van der Waals surface area contributed by atoms with E-state index in [2.05, 4.69) is 0 Å². The number of hydrogen-bond donors (Lipinski definition) is 1. The minimum atomic E-state index is -0.766. The molecule has 2 rings (SSSR count). The van der Waals surface area contributed by atoms with Crippen molar-refractivity contribution in [3.63, 3.8) is 0 Å². The second-order valence-corrected chi connectivity index (χ2v) is 4.88. The molecule has 1 heterocycles. The summed E-state index contributed by atoms with van der Waals surface area (Å²) in [4.78, 5) is 0. The van der Waals surface area contributed by atoms with Crippen LogP contribution in [0.25, 0.3) is 0 Å². The first-order valence-corrected chi connectivity index (χ1v) is 5.84. The second-order valence-electron chi connectivity index (χ2n) is 3.85. The topological polar surface area (TPSA) is 20.2 Å². The molecule has 3 heteroatoms. The van der Waals surface area contributed by atoms with Gasteiger partial charge in [0.2, 0.25) is 0 Å². The second kappa shape index (κ2) is 3.55. The van der Waals surface area contributed by atoms with Gasteiger partial charge in [0.15, 0.2) is 0 Å². The van der Waals surface area contributed by atoms with Gasteiger partial charge in [0.1, 0.15) is 11.4 Å². The lowest BCUT2D eigenvalue weighted by Gasteiger charge is -2.27. The largest absolute Gasteiger partial charge is 0.384 e. The summed E-state index contributed by atoms with van der Waals surface area (Å²) >= 11 is 1.74. The average molecular weight is 212 g/mol. The van der Waals surface area contributed by atoms with Gasteiger partial charge in [-0.3, -0.25) is 0 Å². The van der Waals surface area contributed by atoms with Crippen LogP contribution in [0.15, 0.2) is 24.3 Å². The predicted octanol–water partition coefficient (Wildman–Crippen LogP) is 2.40. The molecular weight excluding hydrogens is 199 g/mol. The summed E-state index contributed by atoms with van der Waals surface area (Å²) in [6.45, 7) is 2.03. The fourth-order valence-corrected chi connectivity index (χ4v) is 3.29. The molecule has 1 aliphatic rings. The molecule has 1 N–H and O–H groups in total. The van der Waals surface area contributed by atoms with E-state index >= 15 is 0 Å². The van der Waals surface area contributed by atoms with Crippen molar-refractivity contribution < 1.29 is 9.50 Å². The lowest BCUT2D eigenvalue weighted by Crippen LogP contribution is -2.32. The molecule has 0 aromatic heterocycles. The van der Waals surface area contributed by atoms with Crippen LogP contribution in [-0.4, -0.2) is 16.6 Å². The fourth-order valence-electron chi connectivity index (χ4n) is 1.78. The van der Waals surface area contributed by atoms with Crippen LogP contribution in [0.3, 0.4) is 0 Å². The molecule has 0 saturated carbocycles. The molecule has 1 aromatic rings. The van der Waals surface area contributed by atoms with Crippen molar-refractivity contribution in [3.05, 3.63) is 35.6 Å². The maximum absolute atomic E-state index is 12.7. The van der Waals surface area contributed by atoms with E-state index in [0.29, 0.717) is 5.75 Å². The normalized spacial score (nSPS) is 32.1. The van der Waals surface area contributed by atoms with Gasteiger partial charge in [0, 0.05) is 5.75 Å². The van der Waals surface area contributed by atoms with Crippen LogP contribution in [-0.2, 0) is 5.60 Å². The van der Waals surface area contributed by atoms with Gasteiger partial charge in [-0.2, -0.15) is 11.8 Å². The third-order valence-corrected chi connectivity index (χ3v) is 4.23. The number of rotatable bonds is 1. The van der Waals surface area contributed by atoms with Gasteiger partial charge in [-0.1, -0.05) is 19.1 Å². The van der Waals surface area contributed by atoms with Crippen LogP contribution >= 0.6 is 11.8 Å². The monoisotopic (exact) mass is 212 g/mol. The summed E-state index contributed by atoms with van der Waals surface area (Å²) in [5.41, 5.74) is 0.0645. The van der Waals surface area contributed by atoms with Gasteiger partial charge in [-0.05, 0) is 29.4 Å². The Labute approximate surface area is 87.3 Å². The Morgan fingerprint density at radius 2 is 2.07 bits per heavy atom. The highest BCUT2D eigenvalue weighted by Crippen LogP contribution is 2.41. The third kappa shape index (κ3) is 1.55. The molecule has 1 fully saturated rings. The number of thioether (sulfide) groups is 1. The van der Waals surface area contributed by atoms with E-state index in [-0.39, 0.29) is 11.7 Å². The zero-order chi connectivity index (χ0) is 10.2. The lowest BCUT2D eigenvalue weighted by molar-refractivity contribution is 0.0234. The molecule has 1 nitrogen and oxygen atoms in total. The maximum Gasteiger partial charge on any atom is 0.123 e. The Hall–Kier alpha value is -0.540. The van der Waals surface area contributed by atoms with Crippen LogP contribution in [0.4, 0.5) is 4.39 Å². The minimum absolute atomic E-state index is 0.234. The highest BCUT2D eigenvalue weighted by Gasteiger charge is 2.40. The van der Waals surface area contributed by atoms with Crippen LogP contribution in [0.5, 0.6) is 0 Å². The van der Waals surface area contributed by atoms with Crippen LogP contribution < -0.4 is 0 Å². The molecule has 1 saturated heterocycles. The Balaban J connectivity index is 2.34. The Bertz CT molecular complexity index is 325. The molecule has 1 aliphatic heterocycles. The van der Waals surface area contributed by atoms with Gasteiger partial charge in [-0.25, -0.2) is 4.39 Å². The predicted molar refractivity (Wildman–Crippen MR) is 56.8 cm³/mol. The summed E-state index contributed by atoms with van der Waals surface area (Å²) in [7, 11) is 0. The number of halogens is 1. The van der Waals surface area contributed by atoms with Crippen LogP contribution in [0.1, 0.15) is 12.5 Å². The van der Waals surface area contributed by atoms with E-state index in [1.165, 1.54) is 12.1 Å². The van der Waals surface area contributed by atoms with Crippen LogP contribution in [0.2, 0.25) is 0 Å². The highest BCUT2D eigenvalue weighted by atomic mass is 32.2. The quantitative estimate of drug-likeness (QED) is 0.771. The first kappa shape index (κ1) is 9.99. The van der Waals surface area contributed by atoms with Crippen molar-refractivity contribution in [1.29, 1.82) is 0 Å². The van der Waals surface area contributed by atoms with Crippen molar-refractivity contribution >= 4 is 11.8 Å². The molecule has 1 aromatic carbocycles. The summed E-state index contributed by atoms with van der Waals surface area (Å²) < 4.78 is 12.7. The fraction of sp³-hybridized carbons (Fsp3) is 0.455. The average Bonchev–Trinajstić information content (AvgIpc) is 2.49. The molecule has 2 atom stereocenters. The van der Waals surface area contributed by atoms with E-state index in [0.717, 1.165) is 11.3 Å². The zero-order valence-electron chi connectivity index (χ0n) is 8.03. The van der Waals surface area contributed by atoms with E-state index in [9.17, 15) is 9.50 Å². The summed E-state index contributed by atoms with van der Waals surface area (Å²) in [5, 5.41) is 10.4. The lowest BCUT2D eigenvalue weighted by atomic mass is 9.85. The van der Waals surface area contributed by atoms with Gasteiger partial charge >= 0.3 is 0 Å². The minimum Gasteiger partial charge on any atom is -0.384 e. The number of benzene rings is 1. The molecule has 14 heavy (non-hydrogen) atoms. The Morgan fingerprint density at radius 1 is 1.43 bits per heavy atom. The Kier molecular flexibility index (Phi) is 2.54. The standard InChI is InChI=1S/C11H13FOS/c1-8-6-14-7-11(8,13)9-2-4-10(12)5-3-9/h2-5,8,13H,6-7H2,1H3. The van der Waals surface area contributed by atoms with Crippen molar-refractivity contribution in [2.75, 3.05) is 11.5 Å². The smallest absolute Gasteiger partial charge is 0.123 e. The molecule has 0 amide bonds. The van der Waals surface area contributed by atoms with Gasteiger partial charge in [-0.15, -0.1) is 0 Å². The first-order chi connectivity index (χ1) is 6.63. The maximum atomic E-state index is 12.7. The molecular formula is C11H13FOS. The van der Waals surface area contributed by atoms with Gasteiger partial charge in [0.25, 0.3) is 0 Å². The number of aliphatic hydroxyl groups is 1. The van der Waals surface area contributed by atoms with Crippen molar-refractivity contribution in [3.8, 4) is 0 Å². The van der Waals surface area contributed by atoms with Gasteiger partial charge in [0.05, 0.1) is 0 Å². The zero-order valence-corrected chi connectivity index (χ0v) is 8.85. The van der Waals surface area contributed by atoms with E-state index in [4.69, 9.17) is 0 Å². The molecule has 76 valence electrons. The molecule has 0 radical (unpaired) electrons. The van der Waals surface area contributed by atoms with Crippen molar-refractivity contribution in [1.82, 2.24) is 0 Å². The van der Waals surface area contributed by atoms with E-state index in [1.54, 1.807) is 23.9 Å². The third-order valence-electron chi connectivity index (χ3n) is 2.85. The highest BCUT2D eigenvalue weighted by molar-refractivity contribution is 7.99. The summed E-state index contributed by atoms with van der Waals surface area (Å²) in [5.74, 6) is 1.65. The summed E-state index contributed by atoms with van der Waals surface area (Å²) in [6.07, 6.45) is 0. The van der Waals surface area contributed by atoms with Crippen LogP contribution in [0, 0.1) is 11.7 Å². The number of hydrogen-bond acceptors (Lipinski definition) is 2. The Morgan fingerprint density at radius 3 is 2.57 bits per heavy atom. The summed E-state index contributed by atoms with van der Waals surface area (Å²) in [6, 6.07) is 6.17. The molecule has 0 aliphatic carbocycles.